The Morgan fingerprint density at radius 3 is 2.15 bits per heavy atom. The van der Waals surface area contributed by atoms with E-state index >= 15 is 0 Å². The fourth-order valence-electron chi connectivity index (χ4n) is 2.97. The first-order valence-corrected chi connectivity index (χ1v) is 8.89. The second kappa shape index (κ2) is 9.13. The van der Waals surface area contributed by atoms with Crippen molar-refractivity contribution >= 4 is 11.8 Å². The molecule has 0 spiro atoms. The number of nitrogens with zero attached hydrogens (tertiary/aromatic N) is 1. The highest BCUT2D eigenvalue weighted by Crippen LogP contribution is 2.21. The van der Waals surface area contributed by atoms with Crippen molar-refractivity contribution in [1.29, 1.82) is 0 Å². The molecule has 0 bridgehead atoms. The number of rotatable bonds is 6. The molecule has 0 aliphatic carbocycles. The lowest BCUT2D eigenvalue weighted by Crippen LogP contribution is -2.45. The quantitative estimate of drug-likeness (QED) is 0.795. The molecule has 0 radical (unpaired) electrons. The summed E-state index contributed by atoms with van der Waals surface area (Å²) in [5.41, 5.74) is 1.75. The van der Waals surface area contributed by atoms with Gasteiger partial charge >= 0.3 is 11.8 Å². The van der Waals surface area contributed by atoms with Crippen molar-refractivity contribution in [2.24, 2.45) is 0 Å². The number of halogens is 1. The van der Waals surface area contributed by atoms with Gasteiger partial charge in [-0.2, -0.15) is 0 Å². The van der Waals surface area contributed by atoms with Gasteiger partial charge in [-0.15, -0.1) is 0 Å². The lowest BCUT2D eigenvalue weighted by Gasteiger charge is -2.28. The van der Waals surface area contributed by atoms with Crippen molar-refractivity contribution in [3.8, 4) is 0 Å². The molecule has 2 aromatic carbocycles. The third-order valence-corrected chi connectivity index (χ3v) is 4.53. The Morgan fingerprint density at radius 1 is 1.00 bits per heavy atom. The van der Waals surface area contributed by atoms with E-state index in [-0.39, 0.29) is 17.9 Å². The average molecular weight is 356 g/mol. The molecule has 26 heavy (non-hydrogen) atoms. The van der Waals surface area contributed by atoms with Gasteiger partial charge in [0.2, 0.25) is 0 Å². The number of carbonyl (C=O) groups is 2. The summed E-state index contributed by atoms with van der Waals surface area (Å²) < 4.78 is 13.1. The van der Waals surface area contributed by atoms with Crippen molar-refractivity contribution in [2.75, 3.05) is 6.54 Å². The first kappa shape index (κ1) is 19.6. The lowest BCUT2D eigenvalue weighted by atomic mass is 10.0. The van der Waals surface area contributed by atoms with Crippen molar-refractivity contribution in [3.63, 3.8) is 0 Å². The molecule has 0 aliphatic rings. The summed E-state index contributed by atoms with van der Waals surface area (Å²) in [7, 11) is 0. The number of nitrogens with one attached hydrogen (secondary N) is 1. The number of benzene rings is 2. The van der Waals surface area contributed by atoms with E-state index < -0.39 is 11.8 Å². The summed E-state index contributed by atoms with van der Waals surface area (Å²) in [6.45, 7) is 5.99. The van der Waals surface area contributed by atoms with Crippen molar-refractivity contribution in [3.05, 3.63) is 71.5 Å². The van der Waals surface area contributed by atoms with Crippen LogP contribution in [0.1, 0.15) is 50.4 Å². The Kier molecular flexibility index (Phi) is 6.89. The molecule has 2 amide bonds. The predicted molar refractivity (Wildman–Crippen MR) is 99.8 cm³/mol. The van der Waals surface area contributed by atoms with Crippen LogP contribution in [0, 0.1) is 5.82 Å². The normalized spacial score (nSPS) is 12.9. The maximum atomic E-state index is 13.1. The van der Waals surface area contributed by atoms with E-state index in [1.807, 2.05) is 51.1 Å². The molecule has 0 saturated heterocycles. The van der Waals surface area contributed by atoms with E-state index in [0.29, 0.717) is 13.0 Å². The fourth-order valence-corrected chi connectivity index (χ4v) is 2.97. The van der Waals surface area contributed by atoms with Gasteiger partial charge in [-0.25, -0.2) is 4.39 Å². The third-order valence-electron chi connectivity index (χ3n) is 4.53. The number of likely N-dealkylation sites (N-methyl/N-ethyl adjacent to an activating group) is 1. The first-order chi connectivity index (χ1) is 12.5. The van der Waals surface area contributed by atoms with Crippen LogP contribution in [-0.4, -0.2) is 23.3 Å². The van der Waals surface area contributed by atoms with Crippen LogP contribution in [0.15, 0.2) is 54.6 Å². The summed E-state index contributed by atoms with van der Waals surface area (Å²) in [6.07, 6.45) is 0.683. The van der Waals surface area contributed by atoms with Crippen molar-refractivity contribution in [2.45, 2.75) is 39.3 Å². The molecular weight excluding hydrogens is 331 g/mol. The molecule has 0 aromatic heterocycles. The summed E-state index contributed by atoms with van der Waals surface area (Å²) >= 11 is 0. The second-order valence-corrected chi connectivity index (χ2v) is 6.16. The molecular formula is C21H25FN2O2. The van der Waals surface area contributed by atoms with Crippen LogP contribution in [0.25, 0.3) is 0 Å². The predicted octanol–water partition coefficient (Wildman–Crippen LogP) is 4.00. The molecule has 2 atom stereocenters. The van der Waals surface area contributed by atoms with Gasteiger partial charge in [0.25, 0.3) is 0 Å². The maximum absolute atomic E-state index is 13.1. The minimum Gasteiger partial charge on any atom is -0.341 e. The van der Waals surface area contributed by atoms with Gasteiger partial charge in [-0.3, -0.25) is 9.59 Å². The van der Waals surface area contributed by atoms with E-state index in [1.165, 1.54) is 17.0 Å². The van der Waals surface area contributed by atoms with E-state index in [2.05, 4.69) is 5.32 Å². The highest BCUT2D eigenvalue weighted by Gasteiger charge is 2.27. The average Bonchev–Trinajstić information content (AvgIpc) is 2.67. The highest BCUT2D eigenvalue weighted by molar-refractivity contribution is 6.35. The number of hydrogen-bond acceptors (Lipinski definition) is 2. The van der Waals surface area contributed by atoms with Crippen LogP contribution in [0.2, 0.25) is 0 Å². The summed E-state index contributed by atoms with van der Waals surface area (Å²) in [6, 6.07) is 15.0. The van der Waals surface area contributed by atoms with Crippen LogP contribution in [-0.2, 0) is 9.59 Å². The largest absolute Gasteiger partial charge is 0.341 e. The van der Waals surface area contributed by atoms with E-state index in [9.17, 15) is 14.0 Å². The van der Waals surface area contributed by atoms with Gasteiger partial charge in [0, 0.05) is 6.54 Å². The topological polar surface area (TPSA) is 49.4 Å². The highest BCUT2D eigenvalue weighted by atomic mass is 19.1. The summed E-state index contributed by atoms with van der Waals surface area (Å²) in [5.74, 6) is -1.54. The SMILES string of the molecule is CC[C@@H](NC(=O)C(=O)N(CC)[C@H](C)c1ccc(F)cc1)c1ccccc1. The Hall–Kier alpha value is -2.69. The molecule has 138 valence electrons. The maximum Gasteiger partial charge on any atom is 0.312 e. The van der Waals surface area contributed by atoms with Gasteiger partial charge in [-0.1, -0.05) is 49.4 Å². The number of carbonyl (C=O) groups excluding carboxylic acids is 2. The van der Waals surface area contributed by atoms with Crippen molar-refractivity contribution < 1.29 is 14.0 Å². The zero-order valence-electron chi connectivity index (χ0n) is 15.4. The van der Waals surface area contributed by atoms with E-state index in [4.69, 9.17) is 0 Å². The van der Waals surface area contributed by atoms with Gasteiger partial charge in [-0.05, 0) is 43.5 Å². The minimum absolute atomic E-state index is 0.215. The van der Waals surface area contributed by atoms with Gasteiger partial charge in [0.1, 0.15) is 5.82 Å². The molecule has 1 N–H and O–H groups in total. The zero-order chi connectivity index (χ0) is 19.1. The molecule has 0 unspecified atom stereocenters. The summed E-state index contributed by atoms with van der Waals surface area (Å²) in [5, 5.41) is 2.82. The smallest absolute Gasteiger partial charge is 0.312 e. The molecule has 2 rings (SSSR count). The molecule has 5 heteroatoms. The molecule has 4 nitrogen and oxygen atoms in total. The van der Waals surface area contributed by atoms with Gasteiger partial charge in [0.05, 0.1) is 12.1 Å². The first-order valence-electron chi connectivity index (χ1n) is 8.89. The number of hydrogen-bond donors (Lipinski definition) is 1. The molecule has 0 aliphatic heterocycles. The zero-order valence-corrected chi connectivity index (χ0v) is 15.4. The third kappa shape index (κ3) is 4.69. The fraction of sp³-hybridized carbons (Fsp3) is 0.333. The van der Waals surface area contributed by atoms with Crippen LogP contribution >= 0.6 is 0 Å². The Bertz CT molecular complexity index is 731. The van der Waals surface area contributed by atoms with E-state index in [0.717, 1.165) is 11.1 Å². The van der Waals surface area contributed by atoms with Gasteiger partial charge < -0.3 is 10.2 Å². The van der Waals surface area contributed by atoms with Crippen molar-refractivity contribution in [1.82, 2.24) is 10.2 Å². The standard InChI is InChI=1S/C21H25FN2O2/c1-4-19(17-9-7-6-8-10-17)23-20(25)21(26)24(5-2)15(3)16-11-13-18(22)14-12-16/h6-15,19H,4-5H2,1-3H3,(H,23,25)/t15-,19-/m1/s1. The molecule has 0 saturated carbocycles. The molecule has 0 heterocycles. The number of amides is 2. The van der Waals surface area contributed by atoms with Crippen LogP contribution in [0.4, 0.5) is 4.39 Å². The summed E-state index contributed by atoms with van der Waals surface area (Å²) in [4.78, 5) is 26.7. The van der Waals surface area contributed by atoms with Crippen LogP contribution in [0.5, 0.6) is 0 Å². The molecule has 0 fully saturated rings. The monoisotopic (exact) mass is 356 g/mol. The lowest BCUT2D eigenvalue weighted by molar-refractivity contribution is -0.147. The Labute approximate surface area is 154 Å². The molecule has 2 aromatic rings. The van der Waals surface area contributed by atoms with E-state index in [1.54, 1.807) is 12.1 Å². The second-order valence-electron chi connectivity index (χ2n) is 6.16. The minimum atomic E-state index is -0.628. The van der Waals surface area contributed by atoms with Crippen LogP contribution in [0.3, 0.4) is 0 Å². The Balaban J connectivity index is 2.11. The van der Waals surface area contributed by atoms with Crippen LogP contribution < -0.4 is 5.32 Å². The Morgan fingerprint density at radius 2 is 1.62 bits per heavy atom. The van der Waals surface area contributed by atoms with Gasteiger partial charge in [0.15, 0.2) is 0 Å².